The summed E-state index contributed by atoms with van der Waals surface area (Å²) >= 11 is 60.2. The highest BCUT2D eigenvalue weighted by molar-refractivity contribution is 6.41. The topological polar surface area (TPSA) is 449 Å². The molecule has 2 aliphatic heterocycles. The van der Waals surface area contributed by atoms with E-state index in [1.54, 1.807) is 61.1 Å². The minimum atomic E-state index is -4.65. The number of imidazole rings is 1. The second-order valence-corrected chi connectivity index (χ2v) is 32.2. The molecule has 0 bridgehead atoms. The number of nitrogens with two attached hydrogens (primary N) is 7. The van der Waals surface area contributed by atoms with E-state index in [1.165, 1.54) is 71.4 Å². The molecule has 0 atom stereocenters. The molecule has 710 valence electrons. The number of rotatable bonds is 27. The lowest BCUT2D eigenvalue weighted by molar-refractivity contribution is -0.138. The second-order valence-electron chi connectivity index (χ2n) is 28.1. The van der Waals surface area contributed by atoms with Gasteiger partial charge in [0.1, 0.15) is 53.1 Å². The van der Waals surface area contributed by atoms with Gasteiger partial charge in [0, 0.05) is 118 Å². The van der Waals surface area contributed by atoms with Gasteiger partial charge in [-0.05, 0) is 165 Å². The molecule has 10 aromatic rings. The third kappa shape index (κ3) is 41.4. The Kier molecular flexibility index (Phi) is 49.1. The fraction of sp³-hybridized carbons (Fsp3) is 0.228. The van der Waals surface area contributed by atoms with Gasteiger partial charge < -0.3 is 49.6 Å². The summed E-state index contributed by atoms with van der Waals surface area (Å²) in [5.41, 5.74) is 46.3. The summed E-state index contributed by atoms with van der Waals surface area (Å²) in [7, 11) is 1.53. The zero-order valence-corrected chi connectivity index (χ0v) is 80.1. The standard InChI is InChI=1S/C16H15Cl2N3O.C13H17N.C12H12Cl2N2.C11H14ClN3.C10H9Cl2N5.C10H11Cl2N3O.C10H9ClF3N3.C10H9F4N3/c17-14-6-12(22-10-11-4-2-1-3-5-11)7-15(18)13(14)8-21-9-16(19)20;1-10-5-3-6-11(2)13(10)9-12-7-4-8-14-12;13-11-4-1-5-12(14)10(11)8-15-7-9-3-2-6-16-9;1-2-10(15-7-11(13)14)8-4-3-5-9(12)6-8;11-6-2-1-3-7(12)8(6)9-15-4-5-17(9)16-10(13)14;1-16-6-2-8(11)7(9(12)3-6)4-15-5-10(13)14;11-8-2-1-7(10(12,13)14)3-6(8)4-17-5-9(15)16;11-8-3-1-2-7(10(12,13)14)6(8)4-17-5-9(15)16/h1-8H,9-10H2,(H3,19,20);3,5-6H,4,7-9H2,1-2H3;1,4-5,8H,2-3,6-7H2;3-6H,2,7H2,1H3,(H3,13,14);1-5H,(H4,13,14,16);2-4H,5H2,1H3,(H3,13,14);2*1-4H,5H2,(H3,15,16). The molecule has 0 saturated heterocycles. The number of aryl methyl sites for hydroxylation is 2. The van der Waals surface area contributed by atoms with Crippen LogP contribution in [0.5, 0.6) is 11.5 Å². The number of hydrogen-bond donors (Lipinski definition) is 12. The van der Waals surface area contributed by atoms with Crippen LogP contribution in [0.2, 0.25) is 50.2 Å². The number of alkyl halides is 6. The monoisotopic (exact) mass is 2040 g/mol. The molecule has 1 aromatic heterocycles. The number of guanidine groups is 1. The summed E-state index contributed by atoms with van der Waals surface area (Å²) in [6.45, 7) is 9.60. The van der Waals surface area contributed by atoms with Crippen molar-refractivity contribution in [1.82, 2.24) is 9.66 Å². The number of halogens is 17. The predicted octanol–water partition coefficient (Wildman–Crippen LogP) is 22.3. The van der Waals surface area contributed by atoms with Crippen molar-refractivity contribution in [1.29, 1.82) is 27.0 Å². The molecule has 134 heavy (non-hydrogen) atoms. The summed E-state index contributed by atoms with van der Waals surface area (Å²) in [5.74, 6) is 0.0941. The Morgan fingerprint density at radius 3 is 1.43 bits per heavy atom. The molecule has 0 aliphatic carbocycles. The number of nitrogens with one attached hydrogen (secondary N) is 5. The van der Waals surface area contributed by atoms with Crippen LogP contribution in [0.4, 0.5) is 30.7 Å². The van der Waals surface area contributed by atoms with Crippen LogP contribution in [0.25, 0.3) is 11.4 Å². The van der Waals surface area contributed by atoms with E-state index in [0.29, 0.717) is 92.4 Å². The Hall–Kier alpha value is -11.8. The first kappa shape index (κ1) is 113. The summed E-state index contributed by atoms with van der Waals surface area (Å²) < 4.78 is 100. The Bertz CT molecular complexity index is 5820. The molecule has 3 heterocycles. The smallest absolute Gasteiger partial charge is 0.417 e. The molecule has 0 saturated carbocycles. The van der Waals surface area contributed by atoms with Gasteiger partial charge in [-0.2, -0.15) is 26.3 Å². The number of nitrogens with zero attached hydrogens (tertiary/aromatic N) is 11. The number of amidine groups is 5. The third-order valence-electron chi connectivity index (χ3n) is 17.6. The largest absolute Gasteiger partial charge is 0.497 e. The zero-order chi connectivity index (χ0) is 99.2. The van der Waals surface area contributed by atoms with Crippen LogP contribution in [0.1, 0.15) is 106 Å². The molecular weight excluding hydrogens is 1950 g/mol. The average molecular weight is 2040 g/mol. The number of ether oxygens (including phenoxy) is 2. The zero-order valence-electron chi connectivity index (χ0n) is 72.5. The summed E-state index contributed by atoms with van der Waals surface area (Å²) in [6, 6.07) is 46.7. The predicted molar refractivity (Wildman–Crippen MR) is 541 cm³/mol. The molecule has 12 rings (SSSR count). The van der Waals surface area contributed by atoms with Gasteiger partial charge in [0.15, 0.2) is 5.82 Å². The number of methoxy groups -OCH3 is 1. The molecule has 0 fully saturated rings. The molecule has 0 radical (unpaired) electrons. The fourth-order valence-corrected chi connectivity index (χ4v) is 13.9. The quantitative estimate of drug-likeness (QED) is 0.0131. The Balaban J connectivity index is 0.000000272. The molecule has 2 aliphatic rings. The van der Waals surface area contributed by atoms with Crippen LogP contribution in [-0.2, 0) is 25.4 Å². The van der Waals surface area contributed by atoms with Gasteiger partial charge in [-0.3, -0.25) is 67.0 Å². The van der Waals surface area contributed by atoms with E-state index in [-0.39, 0.29) is 78.4 Å². The van der Waals surface area contributed by atoms with E-state index in [4.69, 9.17) is 193 Å². The Morgan fingerprint density at radius 1 is 0.485 bits per heavy atom. The first-order valence-corrected chi connectivity index (χ1v) is 43.7. The van der Waals surface area contributed by atoms with Crippen molar-refractivity contribution in [3.8, 4) is 22.9 Å². The van der Waals surface area contributed by atoms with Crippen molar-refractivity contribution in [3.05, 3.63) is 305 Å². The summed E-state index contributed by atoms with van der Waals surface area (Å²) in [5, 5.41) is 43.7. The van der Waals surface area contributed by atoms with Gasteiger partial charge in [-0.25, -0.2) is 14.1 Å². The average Bonchev–Trinajstić information content (AvgIpc) is 1.57. The van der Waals surface area contributed by atoms with Gasteiger partial charge >= 0.3 is 12.4 Å². The number of aliphatic imine (C=N–C) groups is 8. The van der Waals surface area contributed by atoms with Crippen molar-refractivity contribution in [3.63, 3.8) is 0 Å². The number of aromatic nitrogens is 2. The molecule has 0 spiro atoms. The molecule has 42 heteroatoms. The summed E-state index contributed by atoms with van der Waals surface area (Å²) in [6.07, 6.45) is 7.25. The van der Waals surface area contributed by atoms with E-state index < -0.39 is 34.9 Å². The molecule has 25 nitrogen and oxygen atoms in total. The highest BCUT2D eigenvalue weighted by atomic mass is 35.5. The second kappa shape index (κ2) is 58.4. The van der Waals surface area contributed by atoms with Crippen LogP contribution in [-0.4, -0.2) is 152 Å². The lowest BCUT2D eigenvalue weighted by Gasteiger charge is -2.10. The maximum Gasteiger partial charge on any atom is 0.417 e. The molecular formula is C92H96Cl10F7N23O2. The number of hydrogen-bond acceptors (Lipinski definition) is 17. The first-order valence-electron chi connectivity index (χ1n) is 39.9. The van der Waals surface area contributed by atoms with Crippen molar-refractivity contribution in [2.75, 3.05) is 59.5 Å². The van der Waals surface area contributed by atoms with Crippen molar-refractivity contribution < 1.29 is 40.2 Å². The van der Waals surface area contributed by atoms with Gasteiger partial charge in [0.05, 0.1) is 103 Å². The fourth-order valence-electron chi connectivity index (χ4n) is 11.3. The van der Waals surface area contributed by atoms with Crippen LogP contribution < -0.4 is 49.6 Å². The number of benzene rings is 9. The molecule has 0 amide bonds. The van der Waals surface area contributed by atoms with Crippen LogP contribution in [0.3, 0.4) is 0 Å². The SMILES string of the molecule is CCC(=NCC(=N)N)c1cccc(Cl)c1.COc1cc(Cl)c(C=NCC(=N)N)c(Cl)c1.Cc1cccc(C)c1CC1=NCCC1.Clc1cccc(Cl)c1C=NCC1=NCCC1.N=C(N)CN=Cc1c(Cl)cc(OCc2ccccc2)cc1Cl.N=C(N)CN=Cc1c(F)cccc1C(F)(F)F.N=C(N)CN=Cc1cc(C(F)(F)F)ccc1Cl.NC(N)=Nn1ccnc1-c1c(Cl)cccc1Cl. The lowest BCUT2D eigenvalue weighted by Crippen LogP contribution is -2.23. The van der Waals surface area contributed by atoms with E-state index in [9.17, 15) is 30.7 Å². The minimum absolute atomic E-state index is 0.0167. The van der Waals surface area contributed by atoms with Crippen molar-refractivity contribution in [2.24, 2.45) is 85.2 Å². The van der Waals surface area contributed by atoms with Gasteiger partial charge in [0.2, 0.25) is 5.96 Å². The first-order chi connectivity index (χ1) is 63.5. The highest BCUT2D eigenvalue weighted by Gasteiger charge is 2.34. The Labute approximate surface area is 821 Å². The van der Waals surface area contributed by atoms with Crippen LogP contribution in [0, 0.1) is 46.7 Å². The van der Waals surface area contributed by atoms with Crippen molar-refractivity contribution >= 4 is 199 Å². The third-order valence-corrected chi connectivity index (χ3v) is 20.7. The van der Waals surface area contributed by atoms with Crippen molar-refractivity contribution in [2.45, 2.75) is 78.3 Å². The summed E-state index contributed by atoms with van der Waals surface area (Å²) in [4.78, 5) is 36.7. The lowest BCUT2D eigenvalue weighted by atomic mass is 9.97. The van der Waals surface area contributed by atoms with Gasteiger partial charge in [0.25, 0.3) is 0 Å². The normalized spacial score (nSPS) is 12.2. The molecule has 19 N–H and O–H groups in total. The maximum atomic E-state index is 13.2. The van der Waals surface area contributed by atoms with E-state index >= 15 is 0 Å². The van der Waals surface area contributed by atoms with Gasteiger partial charge in [-0.15, -0.1) is 5.10 Å². The molecule has 0 unspecified atom stereocenters. The van der Waals surface area contributed by atoms with E-state index in [1.807, 2.05) is 79.7 Å². The minimum Gasteiger partial charge on any atom is -0.497 e. The highest BCUT2D eigenvalue weighted by Crippen LogP contribution is 2.37. The van der Waals surface area contributed by atoms with E-state index in [0.717, 1.165) is 104 Å². The molecule has 9 aromatic carbocycles. The Morgan fingerprint density at radius 2 is 0.955 bits per heavy atom. The van der Waals surface area contributed by atoms with E-state index in [2.05, 4.69) is 82.1 Å². The van der Waals surface area contributed by atoms with Crippen LogP contribution >= 0.6 is 116 Å². The van der Waals surface area contributed by atoms with Gasteiger partial charge in [-0.1, -0.05) is 202 Å². The maximum absolute atomic E-state index is 13.2. The van der Waals surface area contributed by atoms with Crippen LogP contribution in [0.15, 0.2) is 227 Å².